The number of phenols is 1. The molecule has 7 heteroatoms. The molecule has 1 aromatic carbocycles. The first-order valence-corrected chi connectivity index (χ1v) is 6.74. The molecular weight excluding hydrogens is 302 g/mol. The summed E-state index contributed by atoms with van der Waals surface area (Å²) in [5.41, 5.74) is 0.353. The number of benzene rings is 1. The first-order chi connectivity index (χ1) is 9.52. The Morgan fingerprint density at radius 2 is 2.10 bits per heavy atom. The lowest BCUT2D eigenvalue weighted by molar-refractivity contribution is 0.0607. The predicted octanol–water partition coefficient (Wildman–Crippen LogP) is 3.15. The van der Waals surface area contributed by atoms with E-state index in [1.54, 1.807) is 11.4 Å². The van der Waals surface area contributed by atoms with Crippen LogP contribution in [0.4, 0.5) is 5.69 Å². The van der Waals surface area contributed by atoms with Gasteiger partial charge in [0, 0.05) is 5.02 Å². The average molecular weight is 312 g/mol. The third kappa shape index (κ3) is 2.92. The molecule has 0 saturated heterocycles. The van der Waals surface area contributed by atoms with Gasteiger partial charge < -0.3 is 15.2 Å². The zero-order chi connectivity index (χ0) is 14.7. The summed E-state index contributed by atoms with van der Waals surface area (Å²) in [6.07, 6.45) is 0. The first-order valence-electron chi connectivity index (χ1n) is 5.48. The van der Waals surface area contributed by atoms with E-state index in [0.29, 0.717) is 10.7 Å². The summed E-state index contributed by atoms with van der Waals surface area (Å²) in [5, 5.41) is 14.2. The fraction of sp³-hybridized carbons (Fsp3) is 0.0769. The van der Waals surface area contributed by atoms with Crippen molar-refractivity contribution >= 4 is 40.5 Å². The molecule has 2 rings (SSSR count). The molecular formula is C13H10ClNO4S. The number of nitrogens with one attached hydrogen (secondary N) is 1. The van der Waals surface area contributed by atoms with Crippen molar-refractivity contribution in [2.45, 2.75) is 0 Å². The van der Waals surface area contributed by atoms with Gasteiger partial charge in [-0.15, -0.1) is 11.3 Å². The van der Waals surface area contributed by atoms with Crippen molar-refractivity contribution in [3.05, 3.63) is 45.1 Å². The van der Waals surface area contributed by atoms with Crippen LogP contribution in [0.2, 0.25) is 5.02 Å². The second kappa shape index (κ2) is 5.94. The molecule has 0 aliphatic rings. The molecule has 0 bridgehead atoms. The van der Waals surface area contributed by atoms with Crippen molar-refractivity contribution in [2.24, 2.45) is 0 Å². The van der Waals surface area contributed by atoms with Gasteiger partial charge in [0.2, 0.25) is 0 Å². The van der Waals surface area contributed by atoms with Crippen LogP contribution in [0.3, 0.4) is 0 Å². The van der Waals surface area contributed by atoms with Crippen molar-refractivity contribution in [3.8, 4) is 5.75 Å². The van der Waals surface area contributed by atoms with E-state index in [0.717, 1.165) is 11.3 Å². The number of anilines is 1. The first kappa shape index (κ1) is 14.4. The van der Waals surface area contributed by atoms with Crippen molar-refractivity contribution in [1.29, 1.82) is 0 Å². The maximum Gasteiger partial charge on any atom is 0.350 e. The van der Waals surface area contributed by atoms with Gasteiger partial charge in [0.05, 0.1) is 18.4 Å². The standard InChI is InChI=1S/C13H10ClNO4S/c1-19-13(18)11-9(4-5-20-11)15-12(17)8-6-7(14)2-3-10(8)16/h2-6,16H,1H3,(H,15,17). The Bertz CT molecular complexity index is 668. The number of hydrogen-bond donors (Lipinski definition) is 2. The number of carbonyl (C=O) groups is 2. The lowest BCUT2D eigenvalue weighted by atomic mass is 10.2. The molecule has 2 aromatic rings. The third-order valence-corrected chi connectivity index (χ3v) is 3.62. The number of hydrogen-bond acceptors (Lipinski definition) is 5. The summed E-state index contributed by atoms with van der Waals surface area (Å²) >= 11 is 6.93. The summed E-state index contributed by atoms with van der Waals surface area (Å²) in [7, 11) is 1.26. The molecule has 1 amide bonds. The second-order valence-electron chi connectivity index (χ2n) is 3.77. The molecule has 0 spiro atoms. The molecule has 0 unspecified atom stereocenters. The van der Waals surface area contributed by atoms with Crippen molar-refractivity contribution in [3.63, 3.8) is 0 Å². The SMILES string of the molecule is COC(=O)c1sccc1NC(=O)c1cc(Cl)ccc1O. The number of aromatic hydroxyl groups is 1. The molecule has 2 N–H and O–H groups in total. The molecule has 0 atom stereocenters. The highest BCUT2D eigenvalue weighted by molar-refractivity contribution is 7.12. The molecule has 5 nitrogen and oxygen atoms in total. The fourth-order valence-corrected chi connectivity index (χ4v) is 2.48. The van der Waals surface area contributed by atoms with Gasteiger partial charge in [-0.05, 0) is 29.6 Å². The molecule has 20 heavy (non-hydrogen) atoms. The number of halogens is 1. The lowest BCUT2D eigenvalue weighted by Gasteiger charge is -2.07. The number of rotatable bonds is 3. The van der Waals surface area contributed by atoms with Gasteiger partial charge in [0.15, 0.2) is 0 Å². The Balaban J connectivity index is 2.26. The molecule has 0 aliphatic heterocycles. The van der Waals surface area contributed by atoms with Crippen LogP contribution in [-0.4, -0.2) is 24.1 Å². The largest absolute Gasteiger partial charge is 0.507 e. The van der Waals surface area contributed by atoms with Crippen LogP contribution in [0.1, 0.15) is 20.0 Å². The van der Waals surface area contributed by atoms with E-state index in [4.69, 9.17) is 11.6 Å². The van der Waals surface area contributed by atoms with Gasteiger partial charge in [-0.25, -0.2) is 4.79 Å². The number of esters is 1. The van der Waals surface area contributed by atoms with Crippen molar-refractivity contribution < 1.29 is 19.4 Å². The van der Waals surface area contributed by atoms with E-state index in [9.17, 15) is 14.7 Å². The highest BCUT2D eigenvalue weighted by Crippen LogP contribution is 2.26. The van der Waals surface area contributed by atoms with Gasteiger partial charge in [-0.3, -0.25) is 4.79 Å². The van der Waals surface area contributed by atoms with Crippen LogP contribution < -0.4 is 5.32 Å². The van der Waals surface area contributed by atoms with Gasteiger partial charge in [-0.2, -0.15) is 0 Å². The summed E-state index contributed by atoms with van der Waals surface area (Å²) in [4.78, 5) is 23.9. The van der Waals surface area contributed by atoms with Crippen LogP contribution in [0, 0.1) is 0 Å². The van der Waals surface area contributed by atoms with E-state index in [1.165, 1.54) is 25.3 Å². The maximum absolute atomic E-state index is 12.1. The topological polar surface area (TPSA) is 75.6 Å². The van der Waals surface area contributed by atoms with E-state index < -0.39 is 11.9 Å². The highest BCUT2D eigenvalue weighted by atomic mass is 35.5. The smallest absolute Gasteiger partial charge is 0.350 e. The summed E-state index contributed by atoms with van der Waals surface area (Å²) < 4.78 is 4.62. The minimum Gasteiger partial charge on any atom is -0.507 e. The van der Waals surface area contributed by atoms with Crippen LogP contribution >= 0.6 is 22.9 Å². The van der Waals surface area contributed by atoms with Gasteiger partial charge in [0.1, 0.15) is 10.6 Å². The number of thiophene rings is 1. The Morgan fingerprint density at radius 3 is 2.80 bits per heavy atom. The highest BCUT2D eigenvalue weighted by Gasteiger charge is 2.18. The Hall–Kier alpha value is -2.05. The molecule has 0 saturated carbocycles. The maximum atomic E-state index is 12.1. The number of amides is 1. The quantitative estimate of drug-likeness (QED) is 0.854. The lowest BCUT2D eigenvalue weighted by Crippen LogP contribution is -2.14. The molecule has 1 heterocycles. The van der Waals surface area contributed by atoms with Crippen molar-refractivity contribution in [1.82, 2.24) is 0 Å². The van der Waals surface area contributed by atoms with Crippen LogP contribution in [0.15, 0.2) is 29.6 Å². The van der Waals surface area contributed by atoms with E-state index >= 15 is 0 Å². The van der Waals surface area contributed by atoms with Gasteiger partial charge in [-0.1, -0.05) is 11.6 Å². The zero-order valence-electron chi connectivity index (χ0n) is 10.3. The van der Waals surface area contributed by atoms with Gasteiger partial charge >= 0.3 is 5.97 Å². The van der Waals surface area contributed by atoms with E-state index in [-0.39, 0.29) is 16.2 Å². The summed E-state index contributed by atoms with van der Waals surface area (Å²) in [5.74, 6) is -1.29. The normalized spacial score (nSPS) is 10.1. The van der Waals surface area contributed by atoms with Crippen LogP contribution in [-0.2, 0) is 4.74 Å². The molecule has 0 radical (unpaired) electrons. The average Bonchev–Trinajstić information content (AvgIpc) is 2.88. The minimum atomic E-state index is -0.562. The van der Waals surface area contributed by atoms with E-state index in [2.05, 4.69) is 10.1 Å². The van der Waals surface area contributed by atoms with Crippen LogP contribution in [0.25, 0.3) is 0 Å². The zero-order valence-corrected chi connectivity index (χ0v) is 11.9. The number of methoxy groups -OCH3 is 1. The molecule has 0 aliphatic carbocycles. The third-order valence-electron chi connectivity index (χ3n) is 2.49. The second-order valence-corrected chi connectivity index (χ2v) is 5.12. The van der Waals surface area contributed by atoms with Gasteiger partial charge in [0.25, 0.3) is 5.91 Å². The minimum absolute atomic E-state index is 0.0273. The number of phenolic OH excluding ortho intramolecular Hbond substituents is 1. The monoisotopic (exact) mass is 311 g/mol. The van der Waals surface area contributed by atoms with Crippen molar-refractivity contribution in [2.75, 3.05) is 12.4 Å². The van der Waals surface area contributed by atoms with Crippen LogP contribution in [0.5, 0.6) is 5.75 Å². The fourth-order valence-electron chi connectivity index (χ4n) is 1.54. The molecule has 1 aromatic heterocycles. The Morgan fingerprint density at radius 1 is 1.35 bits per heavy atom. The Kier molecular flexibility index (Phi) is 4.26. The van der Waals surface area contributed by atoms with E-state index in [1.807, 2.05) is 0 Å². The molecule has 104 valence electrons. The summed E-state index contributed by atoms with van der Waals surface area (Å²) in [6.45, 7) is 0. The predicted molar refractivity (Wildman–Crippen MR) is 76.7 cm³/mol. The molecule has 0 fully saturated rings. The Labute approximate surface area is 123 Å². The summed E-state index contributed by atoms with van der Waals surface area (Å²) in [6, 6.07) is 5.72. The number of carbonyl (C=O) groups excluding carboxylic acids is 2. The number of ether oxygens (including phenoxy) is 1.